The molecule has 2 aromatic rings. The fourth-order valence-electron chi connectivity index (χ4n) is 7.48. The van der Waals surface area contributed by atoms with Crippen molar-refractivity contribution in [2.24, 2.45) is 0 Å². The molecule has 4 N–H and O–H groups in total. The fraction of sp³-hybridized carbons (Fsp3) is 0.714. The van der Waals surface area contributed by atoms with Crippen molar-refractivity contribution in [2.75, 3.05) is 21.3 Å². The molecule has 2 aliphatic heterocycles. The summed E-state index contributed by atoms with van der Waals surface area (Å²) in [5, 5.41) is 12.9. The van der Waals surface area contributed by atoms with Gasteiger partial charge < -0.3 is 30.4 Å². The summed E-state index contributed by atoms with van der Waals surface area (Å²) in [6, 6.07) is 9.54. The molecule has 10 nitrogen and oxygen atoms in total. The van der Waals surface area contributed by atoms with Crippen LogP contribution in [0.2, 0.25) is 0 Å². The summed E-state index contributed by atoms with van der Waals surface area (Å²) >= 11 is 0. The molecule has 55 heavy (non-hydrogen) atoms. The molecule has 2 atom stereocenters. The molecule has 4 rings (SSSR count). The van der Waals surface area contributed by atoms with Gasteiger partial charge >= 0.3 is 37.7 Å². The van der Waals surface area contributed by atoms with Gasteiger partial charge in [0, 0.05) is 0 Å². The van der Waals surface area contributed by atoms with Gasteiger partial charge in [-0.2, -0.15) is 0 Å². The van der Waals surface area contributed by atoms with E-state index in [-0.39, 0.29) is 59.9 Å². The largest absolute Gasteiger partial charge is 2.00 e. The maximum absolute atomic E-state index is 11.3. The number of para-hydroxylation sites is 2. The molecular formula is C42H70CaN4O6S2. The Hall–Kier alpha value is -1.28. The van der Waals surface area contributed by atoms with E-state index in [4.69, 9.17) is 0 Å². The molecule has 2 aromatic carbocycles. The van der Waals surface area contributed by atoms with Gasteiger partial charge in [-0.1, -0.05) is 167 Å². The van der Waals surface area contributed by atoms with E-state index in [9.17, 15) is 25.9 Å². The zero-order valence-corrected chi connectivity index (χ0v) is 37.8. The zero-order chi connectivity index (χ0) is 39.1. The molecule has 308 valence electrons. The topological polar surface area (TPSA) is 163 Å². The van der Waals surface area contributed by atoms with Crippen LogP contribution < -0.4 is 21.3 Å². The number of benzene rings is 2. The molecule has 0 bridgehead atoms. The van der Waals surface area contributed by atoms with E-state index in [1.54, 1.807) is 24.3 Å². The number of hydrogen-bond acceptors (Lipinski definition) is 10. The minimum atomic E-state index is -4.45. The molecule has 2 unspecified atom stereocenters. The smallest absolute Gasteiger partial charge is 0.744 e. The number of fused-ring (bicyclic) bond motifs is 2. The summed E-state index contributed by atoms with van der Waals surface area (Å²) < 4.78 is 68.1. The molecule has 0 aliphatic carbocycles. The summed E-state index contributed by atoms with van der Waals surface area (Å²) in [4.78, 5) is -0.325. The maximum atomic E-state index is 11.3. The average Bonchev–Trinajstić information content (AvgIpc) is 3.75. The number of nitrogens with one attached hydrogen (secondary N) is 4. The predicted octanol–water partition coefficient (Wildman–Crippen LogP) is 11.3. The number of hydrogen-bond donors (Lipinski definition) is 4. The van der Waals surface area contributed by atoms with Gasteiger partial charge in [0.15, 0.2) is 0 Å². The van der Waals surface area contributed by atoms with E-state index in [1.807, 2.05) is 0 Å². The second-order valence-corrected chi connectivity index (χ2v) is 18.0. The molecule has 0 fully saturated rings. The van der Waals surface area contributed by atoms with Crippen LogP contribution in [0.15, 0.2) is 46.2 Å². The summed E-state index contributed by atoms with van der Waals surface area (Å²) in [5.41, 5.74) is 2.26. The quantitative estimate of drug-likeness (QED) is 0.0369. The van der Waals surface area contributed by atoms with Gasteiger partial charge in [0.1, 0.15) is 20.2 Å². The second-order valence-electron chi connectivity index (χ2n) is 15.3. The average molecular weight is 831 g/mol. The first-order chi connectivity index (χ1) is 26.0. The van der Waals surface area contributed by atoms with Crippen LogP contribution in [0.4, 0.5) is 22.7 Å². The van der Waals surface area contributed by atoms with E-state index in [0.717, 1.165) is 25.7 Å². The van der Waals surface area contributed by atoms with Crippen molar-refractivity contribution in [1.29, 1.82) is 0 Å². The molecule has 0 spiro atoms. The monoisotopic (exact) mass is 830 g/mol. The molecule has 0 saturated carbocycles. The Kier molecular flexibility index (Phi) is 25.6. The first kappa shape index (κ1) is 49.9. The first-order valence-corrected chi connectivity index (χ1v) is 24.1. The predicted molar refractivity (Wildman–Crippen MR) is 228 cm³/mol. The molecule has 0 saturated heterocycles. The first-order valence-electron chi connectivity index (χ1n) is 21.3. The summed E-state index contributed by atoms with van der Waals surface area (Å²) in [6.07, 6.45) is 33.5. The van der Waals surface area contributed by atoms with E-state index < -0.39 is 20.2 Å². The Morgan fingerprint density at radius 1 is 0.436 bits per heavy atom. The van der Waals surface area contributed by atoms with Crippen molar-refractivity contribution in [3.05, 3.63) is 36.4 Å². The van der Waals surface area contributed by atoms with E-state index in [2.05, 4.69) is 35.1 Å². The van der Waals surface area contributed by atoms with Gasteiger partial charge in [-0.25, -0.2) is 16.8 Å². The Bertz CT molecular complexity index is 1450. The van der Waals surface area contributed by atoms with Crippen molar-refractivity contribution in [1.82, 2.24) is 0 Å². The number of anilines is 4. The van der Waals surface area contributed by atoms with Crippen LogP contribution in [-0.4, -0.2) is 76.0 Å². The molecular weight excluding hydrogens is 761 g/mol. The standard InChI is InChI=1S/2C21H36N2O3S.Ca/c2*1-2-3-4-5-6-7-8-9-10-11-12-13-17-20-22-18-15-14-16-19(21(18)23-20)27(24,25)26;/h2*14-16,20,22-23H,2-13,17H2,1H3,(H,24,25,26);/q;;+2/p-2. The van der Waals surface area contributed by atoms with Crippen LogP contribution in [-0.2, 0) is 20.2 Å². The summed E-state index contributed by atoms with van der Waals surface area (Å²) in [7, 11) is -8.90. The minimum absolute atomic E-state index is 0. The SMILES string of the molecule is CCCCCCCCCCCCCCC1Nc2cccc(S(=O)(=O)[O-])c2N1.CCCCCCCCCCCCCCC1Nc2cccc(S(=O)(=O)[O-])c2N1.[Ca+2]. The molecule has 0 aromatic heterocycles. The second kappa shape index (κ2) is 28.2. The number of rotatable bonds is 28. The normalized spacial score (nSPS) is 15.7. The molecule has 13 heteroatoms. The van der Waals surface area contributed by atoms with Gasteiger partial charge in [0.05, 0.1) is 44.9 Å². The van der Waals surface area contributed by atoms with Crippen molar-refractivity contribution >= 4 is 80.7 Å². The van der Waals surface area contributed by atoms with Crippen LogP contribution in [0, 0.1) is 0 Å². The van der Waals surface area contributed by atoms with Crippen LogP contribution in [0.3, 0.4) is 0 Å². The molecule has 2 heterocycles. The van der Waals surface area contributed by atoms with Crippen LogP contribution in [0.25, 0.3) is 0 Å². The van der Waals surface area contributed by atoms with E-state index in [1.165, 1.54) is 153 Å². The van der Waals surface area contributed by atoms with Crippen molar-refractivity contribution in [3.8, 4) is 0 Å². The molecule has 0 amide bonds. The Morgan fingerprint density at radius 3 is 0.982 bits per heavy atom. The Morgan fingerprint density at radius 2 is 0.709 bits per heavy atom. The number of unbranched alkanes of at least 4 members (excludes halogenated alkanes) is 22. The maximum Gasteiger partial charge on any atom is 2.00 e. The van der Waals surface area contributed by atoms with Crippen molar-refractivity contribution in [3.63, 3.8) is 0 Å². The van der Waals surface area contributed by atoms with Gasteiger partial charge in [-0.05, 0) is 49.9 Å². The summed E-state index contributed by atoms with van der Waals surface area (Å²) in [5.74, 6) is 0. The van der Waals surface area contributed by atoms with Gasteiger partial charge in [-0.3, -0.25) is 0 Å². The van der Waals surface area contributed by atoms with Gasteiger partial charge in [-0.15, -0.1) is 0 Å². The van der Waals surface area contributed by atoms with E-state index >= 15 is 0 Å². The Balaban J connectivity index is 0.000000373. The van der Waals surface area contributed by atoms with Gasteiger partial charge in [0.2, 0.25) is 0 Å². The fourth-order valence-corrected chi connectivity index (χ4v) is 8.81. The van der Waals surface area contributed by atoms with E-state index in [0.29, 0.717) is 22.7 Å². The molecule has 2 aliphatic rings. The van der Waals surface area contributed by atoms with Crippen molar-refractivity contribution < 1.29 is 25.9 Å². The zero-order valence-electron chi connectivity index (χ0n) is 34.0. The van der Waals surface area contributed by atoms with Crippen LogP contribution in [0.1, 0.15) is 181 Å². The third-order valence-electron chi connectivity index (χ3n) is 10.6. The Labute approximate surface area is 364 Å². The third kappa shape index (κ3) is 19.8. The minimum Gasteiger partial charge on any atom is -0.744 e. The molecule has 0 radical (unpaired) electrons. The van der Waals surface area contributed by atoms with Crippen LogP contribution >= 0.6 is 0 Å². The summed E-state index contributed by atoms with van der Waals surface area (Å²) in [6.45, 7) is 4.51. The third-order valence-corrected chi connectivity index (χ3v) is 12.3. The van der Waals surface area contributed by atoms with Crippen molar-refractivity contribution in [2.45, 2.75) is 203 Å². The van der Waals surface area contributed by atoms with Gasteiger partial charge in [0.25, 0.3) is 0 Å². The van der Waals surface area contributed by atoms with Crippen LogP contribution in [0.5, 0.6) is 0 Å².